The average Bonchev–Trinajstić information content (AvgIpc) is 2.45. The highest BCUT2D eigenvalue weighted by Gasteiger charge is 2.41. The van der Waals surface area contributed by atoms with E-state index in [9.17, 15) is 15.2 Å². The quantitative estimate of drug-likeness (QED) is 0.511. The van der Waals surface area contributed by atoms with Gasteiger partial charge in [0.25, 0.3) is 0 Å². The first-order valence-corrected chi connectivity index (χ1v) is 3.77. The Labute approximate surface area is 73.7 Å². The smallest absolute Gasteiger partial charge is 0.384 e. The number of aliphatic hydroxyl groups excluding tert-OH is 1. The Morgan fingerprint density at radius 3 is 2.77 bits per heavy atom. The van der Waals surface area contributed by atoms with Crippen molar-refractivity contribution >= 4 is 0 Å². The number of hydrogen-bond acceptors (Lipinski definition) is 4. The first-order chi connectivity index (χ1) is 6.20. The van der Waals surface area contributed by atoms with Crippen LogP contribution in [0.1, 0.15) is 11.7 Å². The van der Waals surface area contributed by atoms with Crippen LogP contribution in [0.15, 0.2) is 24.3 Å². The minimum Gasteiger partial charge on any atom is -0.427 e. The Morgan fingerprint density at radius 2 is 2.15 bits per heavy atom. The van der Waals surface area contributed by atoms with Crippen molar-refractivity contribution in [1.29, 1.82) is 0 Å². The van der Waals surface area contributed by atoms with Crippen LogP contribution in [0, 0.1) is 10.1 Å². The molecule has 0 saturated heterocycles. The van der Waals surface area contributed by atoms with Crippen LogP contribution in [0.4, 0.5) is 0 Å². The molecule has 0 bridgehead atoms. The van der Waals surface area contributed by atoms with Gasteiger partial charge in [0.1, 0.15) is 5.75 Å². The van der Waals surface area contributed by atoms with E-state index in [1.807, 2.05) is 0 Å². The Morgan fingerprint density at radius 1 is 1.46 bits per heavy atom. The Hall–Kier alpha value is -1.62. The molecule has 1 aromatic carbocycles. The van der Waals surface area contributed by atoms with Crippen molar-refractivity contribution in [3.05, 3.63) is 39.9 Å². The van der Waals surface area contributed by atoms with E-state index in [0.717, 1.165) is 0 Å². The first kappa shape index (κ1) is 8.00. The van der Waals surface area contributed by atoms with Gasteiger partial charge in [0.05, 0.1) is 4.92 Å². The molecule has 2 rings (SSSR count). The fourth-order valence-electron chi connectivity index (χ4n) is 1.34. The average molecular weight is 181 g/mol. The summed E-state index contributed by atoms with van der Waals surface area (Å²) in [6, 6.07) is 6.62. The van der Waals surface area contributed by atoms with E-state index >= 15 is 0 Å². The highest BCUT2D eigenvalue weighted by Crippen LogP contribution is 2.36. The lowest BCUT2D eigenvalue weighted by Gasteiger charge is -2.04. The zero-order valence-electron chi connectivity index (χ0n) is 6.58. The number of fused-ring (bicyclic) bond motifs is 1. The first-order valence-electron chi connectivity index (χ1n) is 3.77. The number of aliphatic hydroxyl groups is 1. The van der Waals surface area contributed by atoms with Gasteiger partial charge in [-0.2, -0.15) is 0 Å². The van der Waals surface area contributed by atoms with Gasteiger partial charge in [-0.25, -0.2) is 0 Å². The van der Waals surface area contributed by atoms with Gasteiger partial charge in [-0.05, 0) is 6.07 Å². The zero-order valence-corrected chi connectivity index (χ0v) is 6.58. The summed E-state index contributed by atoms with van der Waals surface area (Å²) in [5.41, 5.74) is 0.476. The van der Waals surface area contributed by atoms with Crippen LogP contribution in [-0.2, 0) is 0 Å². The van der Waals surface area contributed by atoms with Crippen LogP contribution in [-0.4, -0.2) is 16.3 Å². The number of ether oxygens (including phenoxy) is 1. The van der Waals surface area contributed by atoms with E-state index in [0.29, 0.717) is 11.3 Å². The van der Waals surface area contributed by atoms with Crippen molar-refractivity contribution in [2.24, 2.45) is 0 Å². The lowest BCUT2D eigenvalue weighted by atomic mass is 10.1. The van der Waals surface area contributed by atoms with Crippen molar-refractivity contribution < 1.29 is 14.8 Å². The van der Waals surface area contributed by atoms with Crippen molar-refractivity contribution in [3.63, 3.8) is 0 Å². The summed E-state index contributed by atoms with van der Waals surface area (Å²) in [5, 5.41) is 19.8. The van der Waals surface area contributed by atoms with Gasteiger partial charge in [0.15, 0.2) is 6.10 Å². The van der Waals surface area contributed by atoms with E-state index < -0.39 is 17.3 Å². The molecule has 0 spiro atoms. The molecule has 0 saturated carbocycles. The second kappa shape index (κ2) is 2.70. The van der Waals surface area contributed by atoms with Crippen molar-refractivity contribution in [2.45, 2.75) is 12.3 Å². The second-order valence-electron chi connectivity index (χ2n) is 2.78. The summed E-state index contributed by atoms with van der Waals surface area (Å²) >= 11 is 0. The second-order valence-corrected chi connectivity index (χ2v) is 2.78. The third-order valence-electron chi connectivity index (χ3n) is 1.96. The minimum absolute atomic E-state index is 0.386. The molecule has 2 unspecified atom stereocenters. The summed E-state index contributed by atoms with van der Waals surface area (Å²) in [4.78, 5) is 9.77. The van der Waals surface area contributed by atoms with Gasteiger partial charge >= 0.3 is 6.23 Å². The van der Waals surface area contributed by atoms with E-state index in [2.05, 4.69) is 0 Å². The summed E-state index contributed by atoms with van der Waals surface area (Å²) in [7, 11) is 0. The molecule has 0 radical (unpaired) electrons. The molecule has 1 aliphatic heterocycles. The lowest BCUT2D eigenvalue weighted by Crippen LogP contribution is -2.27. The molecule has 0 aromatic heterocycles. The molecular formula is C8H7NO4. The topological polar surface area (TPSA) is 72.6 Å². The zero-order chi connectivity index (χ0) is 9.42. The maximum atomic E-state index is 10.4. The Kier molecular flexibility index (Phi) is 1.66. The largest absolute Gasteiger partial charge is 0.427 e. The summed E-state index contributed by atoms with van der Waals surface area (Å²) in [6.07, 6.45) is -2.52. The van der Waals surface area contributed by atoms with E-state index in [1.54, 1.807) is 24.3 Å². The van der Waals surface area contributed by atoms with Crippen molar-refractivity contribution in [1.82, 2.24) is 0 Å². The van der Waals surface area contributed by atoms with E-state index in [4.69, 9.17) is 4.74 Å². The Bertz CT molecular complexity index is 352. The van der Waals surface area contributed by atoms with Gasteiger partial charge in [-0.3, -0.25) is 10.1 Å². The van der Waals surface area contributed by atoms with E-state index in [1.165, 1.54) is 0 Å². The highest BCUT2D eigenvalue weighted by atomic mass is 16.7. The number of para-hydroxylation sites is 1. The maximum absolute atomic E-state index is 10.4. The van der Waals surface area contributed by atoms with E-state index in [-0.39, 0.29) is 0 Å². The molecule has 1 N–H and O–H groups in total. The number of benzene rings is 1. The normalized spacial score (nSPS) is 25.0. The molecule has 0 amide bonds. The standard InChI is InChI=1S/C8H7NO4/c10-7-5-3-1-2-4-6(5)13-8(7)9(11)12/h1-4,7-8,10H. The molecule has 1 aliphatic rings. The predicted molar refractivity (Wildman–Crippen MR) is 42.8 cm³/mol. The number of rotatable bonds is 1. The summed E-state index contributed by atoms with van der Waals surface area (Å²) in [6.45, 7) is 0. The molecule has 2 atom stereocenters. The Balaban J connectivity index is 2.38. The monoisotopic (exact) mass is 181 g/mol. The van der Waals surface area contributed by atoms with Crippen molar-refractivity contribution in [2.75, 3.05) is 0 Å². The molecule has 5 nitrogen and oxygen atoms in total. The van der Waals surface area contributed by atoms with Gasteiger partial charge in [-0.1, -0.05) is 18.2 Å². The van der Waals surface area contributed by atoms with Crippen LogP contribution in [0.2, 0.25) is 0 Å². The highest BCUT2D eigenvalue weighted by molar-refractivity contribution is 5.38. The van der Waals surface area contributed by atoms with Crippen LogP contribution < -0.4 is 4.74 Å². The van der Waals surface area contributed by atoms with Gasteiger partial charge in [0.2, 0.25) is 0 Å². The number of hydrogen-bond donors (Lipinski definition) is 1. The maximum Gasteiger partial charge on any atom is 0.384 e. The molecule has 13 heavy (non-hydrogen) atoms. The summed E-state index contributed by atoms with van der Waals surface area (Å²) < 4.78 is 4.93. The SMILES string of the molecule is O=[N+]([O-])C1Oc2ccccc2C1O. The molecular weight excluding hydrogens is 174 g/mol. The van der Waals surface area contributed by atoms with Crippen LogP contribution >= 0.6 is 0 Å². The number of nitro groups is 1. The third-order valence-corrected chi connectivity index (χ3v) is 1.96. The fraction of sp³-hybridized carbons (Fsp3) is 0.250. The molecule has 1 aromatic rings. The van der Waals surface area contributed by atoms with Gasteiger partial charge in [0, 0.05) is 5.56 Å². The molecule has 0 aliphatic carbocycles. The summed E-state index contributed by atoms with van der Waals surface area (Å²) in [5.74, 6) is 0.386. The molecule has 5 heteroatoms. The number of nitrogens with zero attached hydrogens (tertiary/aromatic N) is 1. The van der Waals surface area contributed by atoms with Crippen LogP contribution in [0.25, 0.3) is 0 Å². The molecule has 68 valence electrons. The molecule has 0 fully saturated rings. The van der Waals surface area contributed by atoms with Crippen LogP contribution in [0.5, 0.6) is 5.75 Å². The lowest BCUT2D eigenvalue weighted by molar-refractivity contribution is -0.572. The fourth-order valence-corrected chi connectivity index (χ4v) is 1.34. The van der Waals surface area contributed by atoms with Gasteiger partial charge in [-0.15, -0.1) is 0 Å². The van der Waals surface area contributed by atoms with Gasteiger partial charge < -0.3 is 9.84 Å². The third kappa shape index (κ3) is 1.13. The minimum atomic E-state index is -1.36. The van der Waals surface area contributed by atoms with Crippen LogP contribution in [0.3, 0.4) is 0 Å². The van der Waals surface area contributed by atoms with Crippen molar-refractivity contribution in [3.8, 4) is 5.75 Å². The predicted octanol–water partition coefficient (Wildman–Crippen LogP) is 0.715. The molecule has 1 heterocycles.